The maximum atomic E-state index is 11.0. The quantitative estimate of drug-likeness (QED) is 0.533. The molecule has 72 valence electrons. The minimum absolute atomic E-state index is 0.0341. The van der Waals surface area contributed by atoms with Crippen molar-refractivity contribution < 1.29 is 8.42 Å². The number of nitrogens with two attached hydrogens (primary N) is 1. The van der Waals surface area contributed by atoms with Crippen LogP contribution in [0.4, 0.5) is 0 Å². The highest BCUT2D eigenvalue weighted by atomic mass is 32.2. The Hall–Kier alpha value is -0.170. The van der Waals surface area contributed by atoms with Crippen LogP contribution >= 0.6 is 0 Å². The second-order valence-electron chi connectivity index (χ2n) is 3.03. The molecule has 0 aromatic carbocycles. The van der Waals surface area contributed by atoms with E-state index in [1.54, 1.807) is 0 Å². The molecule has 1 aliphatic rings. The monoisotopic (exact) mass is 193 g/mol. The maximum Gasteiger partial charge on any atom is 0.276 e. The van der Waals surface area contributed by atoms with E-state index in [4.69, 9.17) is 5.73 Å². The van der Waals surface area contributed by atoms with Gasteiger partial charge in [0.25, 0.3) is 10.2 Å². The lowest BCUT2D eigenvalue weighted by atomic mass is 10.2. The molecular formula is C6H15N3O2S. The summed E-state index contributed by atoms with van der Waals surface area (Å²) in [4.78, 5) is 0. The molecule has 1 rings (SSSR count). The van der Waals surface area contributed by atoms with E-state index in [-0.39, 0.29) is 12.1 Å². The highest BCUT2D eigenvalue weighted by Gasteiger charge is 2.26. The first-order chi connectivity index (χ1) is 5.55. The Morgan fingerprint density at radius 2 is 2.08 bits per heavy atom. The Morgan fingerprint density at radius 3 is 2.50 bits per heavy atom. The summed E-state index contributed by atoms with van der Waals surface area (Å²) in [5, 5.41) is 0. The molecule has 0 heterocycles. The van der Waals surface area contributed by atoms with Gasteiger partial charge in [0.2, 0.25) is 0 Å². The summed E-state index contributed by atoms with van der Waals surface area (Å²) in [5.41, 5.74) is 5.69. The van der Waals surface area contributed by atoms with Gasteiger partial charge < -0.3 is 5.73 Å². The third-order valence-corrected chi connectivity index (χ3v) is 3.30. The number of hydrogen-bond donors (Lipinski definition) is 3. The van der Waals surface area contributed by atoms with Gasteiger partial charge in [-0.2, -0.15) is 13.1 Å². The van der Waals surface area contributed by atoms with Gasteiger partial charge in [-0.25, -0.2) is 4.72 Å². The van der Waals surface area contributed by atoms with Crippen molar-refractivity contribution in [3.8, 4) is 0 Å². The van der Waals surface area contributed by atoms with Gasteiger partial charge in [0.05, 0.1) is 0 Å². The van der Waals surface area contributed by atoms with Crippen LogP contribution in [0.2, 0.25) is 0 Å². The molecule has 0 bridgehead atoms. The topological polar surface area (TPSA) is 84.2 Å². The van der Waals surface area contributed by atoms with Gasteiger partial charge in [-0.3, -0.25) is 0 Å². The van der Waals surface area contributed by atoms with Crippen molar-refractivity contribution in [1.82, 2.24) is 9.44 Å². The number of rotatable bonds is 3. The van der Waals surface area contributed by atoms with Gasteiger partial charge in [-0.05, 0) is 12.8 Å². The maximum absolute atomic E-state index is 11.0. The highest BCUT2D eigenvalue weighted by molar-refractivity contribution is 7.87. The normalized spacial score (nSPS) is 30.8. The van der Waals surface area contributed by atoms with Crippen LogP contribution in [0.5, 0.6) is 0 Å². The van der Waals surface area contributed by atoms with E-state index in [2.05, 4.69) is 9.44 Å². The summed E-state index contributed by atoms with van der Waals surface area (Å²) in [6, 6.07) is -0.129. The highest BCUT2D eigenvalue weighted by Crippen LogP contribution is 2.17. The lowest BCUT2D eigenvalue weighted by molar-refractivity contribution is 0.517. The van der Waals surface area contributed by atoms with Crippen LogP contribution in [0, 0.1) is 0 Å². The van der Waals surface area contributed by atoms with E-state index in [0.717, 1.165) is 19.3 Å². The average Bonchev–Trinajstić information content (AvgIpc) is 2.36. The summed E-state index contributed by atoms with van der Waals surface area (Å²) in [6.07, 6.45) is 2.73. The molecule has 0 aliphatic heterocycles. The molecule has 12 heavy (non-hydrogen) atoms. The molecule has 2 unspecified atom stereocenters. The molecular weight excluding hydrogens is 178 g/mol. The van der Waals surface area contributed by atoms with Crippen molar-refractivity contribution in [3.05, 3.63) is 0 Å². The third-order valence-electron chi connectivity index (χ3n) is 2.14. The second kappa shape index (κ2) is 3.69. The fourth-order valence-corrected chi connectivity index (χ4v) is 2.20. The van der Waals surface area contributed by atoms with Gasteiger partial charge >= 0.3 is 0 Å². The van der Waals surface area contributed by atoms with E-state index in [0.29, 0.717) is 0 Å². The lowest BCUT2D eigenvalue weighted by Gasteiger charge is -2.16. The number of nitrogens with one attached hydrogen (secondary N) is 2. The van der Waals surface area contributed by atoms with Crippen molar-refractivity contribution in [2.45, 2.75) is 31.3 Å². The molecule has 6 heteroatoms. The molecule has 1 aliphatic carbocycles. The van der Waals surface area contributed by atoms with Crippen LogP contribution in [0.25, 0.3) is 0 Å². The fraction of sp³-hybridized carbons (Fsp3) is 1.00. The van der Waals surface area contributed by atoms with Crippen LogP contribution in [0.1, 0.15) is 19.3 Å². The zero-order valence-corrected chi connectivity index (χ0v) is 7.89. The molecule has 5 nitrogen and oxygen atoms in total. The molecule has 2 atom stereocenters. The zero-order valence-electron chi connectivity index (χ0n) is 7.08. The molecule has 0 saturated heterocycles. The molecule has 0 aromatic rings. The smallest absolute Gasteiger partial charge is 0.276 e. The molecule has 0 radical (unpaired) electrons. The van der Waals surface area contributed by atoms with Crippen molar-refractivity contribution in [3.63, 3.8) is 0 Å². The Balaban J connectivity index is 2.51. The van der Waals surface area contributed by atoms with Gasteiger partial charge in [0.1, 0.15) is 0 Å². The first kappa shape index (κ1) is 9.91. The minimum Gasteiger partial charge on any atom is -0.326 e. The zero-order chi connectivity index (χ0) is 9.19. The molecule has 0 spiro atoms. The Bertz CT molecular complexity index is 239. The van der Waals surface area contributed by atoms with E-state index >= 15 is 0 Å². The fourth-order valence-electron chi connectivity index (χ4n) is 1.39. The van der Waals surface area contributed by atoms with Crippen LogP contribution in [0.3, 0.4) is 0 Å². The van der Waals surface area contributed by atoms with Crippen LogP contribution in [-0.4, -0.2) is 27.5 Å². The van der Waals surface area contributed by atoms with Crippen molar-refractivity contribution in [2.75, 3.05) is 7.05 Å². The van der Waals surface area contributed by atoms with Crippen molar-refractivity contribution in [1.29, 1.82) is 0 Å². The Kier molecular flexibility index (Phi) is 3.05. The summed E-state index contributed by atoms with van der Waals surface area (Å²) in [7, 11) is -1.94. The lowest BCUT2D eigenvalue weighted by Crippen LogP contribution is -2.47. The molecule has 0 amide bonds. The largest absolute Gasteiger partial charge is 0.326 e. The van der Waals surface area contributed by atoms with Crippen LogP contribution in [0.15, 0.2) is 0 Å². The van der Waals surface area contributed by atoms with E-state index in [1.165, 1.54) is 7.05 Å². The molecule has 1 saturated carbocycles. The predicted molar refractivity (Wildman–Crippen MR) is 46.7 cm³/mol. The summed E-state index contributed by atoms with van der Waals surface area (Å²) in [6.45, 7) is 0. The SMILES string of the molecule is CNS(=O)(=O)NC1CCCC1N. The van der Waals surface area contributed by atoms with Crippen molar-refractivity contribution >= 4 is 10.2 Å². The molecule has 4 N–H and O–H groups in total. The van der Waals surface area contributed by atoms with Crippen LogP contribution < -0.4 is 15.2 Å². The average molecular weight is 193 g/mol. The summed E-state index contributed by atoms with van der Waals surface area (Å²) >= 11 is 0. The Labute approximate surface area is 72.9 Å². The van der Waals surface area contributed by atoms with Crippen LogP contribution in [-0.2, 0) is 10.2 Å². The second-order valence-corrected chi connectivity index (χ2v) is 4.68. The van der Waals surface area contributed by atoms with Crippen molar-refractivity contribution in [2.24, 2.45) is 5.73 Å². The van der Waals surface area contributed by atoms with Gasteiger partial charge in [0, 0.05) is 19.1 Å². The third kappa shape index (κ3) is 2.41. The minimum atomic E-state index is -3.32. The molecule has 1 fully saturated rings. The Morgan fingerprint density at radius 1 is 1.42 bits per heavy atom. The first-order valence-corrected chi connectivity index (χ1v) is 5.50. The van der Waals surface area contributed by atoms with Gasteiger partial charge in [0.15, 0.2) is 0 Å². The predicted octanol–water partition coefficient (Wildman–Crippen LogP) is -1.08. The van der Waals surface area contributed by atoms with E-state index in [9.17, 15) is 8.42 Å². The molecule has 0 aromatic heterocycles. The van der Waals surface area contributed by atoms with Gasteiger partial charge in [-0.15, -0.1) is 0 Å². The van der Waals surface area contributed by atoms with E-state index in [1.807, 2.05) is 0 Å². The van der Waals surface area contributed by atoms with Gasteiger partial charge in [-0.1, -0.05) is 6.42 Å². The summed E-state index contributed by atoms with van der Waals surface area (Å²) < 4.78 is 26.7. The van der Waals surface area contributed by atoms with E-state index < -0.39 is 10.2 Å². The number of hydrogen-bond acceptors (Lipinski definition) is 3. The summed E-state index contributed by atoms with van der Waals surface area (Å²) in [5.74, 6) is 0. The first-order valence-electron chi connectivity index (χ1n) is 4.01. The standard InChI is InChI=1S/C6H15N3O2S/c1-8-12(10,11)9-6-4-2-3-5(6)7/h5-6,8-9H,2-4,7H2,1H3.